The second-order valence-electron chi connectivity index (χ2n) is 6.81. The zero-order chi connectivity index (χ0) is 15.2. The van der Waals surface area contributed by atoms with Crippen molar-refractivity contribution in [2.24, 2.45) is 23.7 Å². The summed E-state index contributed by atoms with van der Waals surface area (Å²) in [6, 6.07) is 21.2. The van der Waals surface area contributed by atoms with Gasteiger partial charge in [-0.1, -0.05) is 72.5 Å². The number of hydrogen-bond donors (Lipinski definition) is 0. The third kappa shape index (κ3) is 1.93. The minimum Gasteiger partial charge on any atom is -0.0845 e. The first-order valence-corrected chi connectivity index (χ1v) is 8.47. The molecule has 0 radical (unpaired) electrons. The average molecular weight is 294 g/mol. The summed E-state index contributed by atoms with van der Waals surface area (Å²) in [5.41, 5.74) is 5.37. The molecule has 110 valence electrons. The molecule has 1 saturated carbocycles. The van der Waals surface area contributed by atoms with E-state index < -0.39 is 0 Å². The largest absolute Gasteiger partial charge is 0.0845 e. The predicted octanol–water partition coefficient (Wildman–Crippen LogP) is 4.94. The lowest BCUT2D eigenvalue weighted by atomic mass is 9.61. The Hall–Kier alpha value is -2.52. The summed E-state index contributed by atoms with van der Waals surface area (Å²) in [4.78, 5) is 0. The predicted molar refractivity (Wildman–Crippen MR) is 94.4 cm³/mol. The van der Waals surface area contributed by atoms with Crippen LogP contribution in [-0.4, -0.2) is 0 Å². The van der Waals surface area contributed by atoms with Gasteiger partial charge in [0.1, 0.15) is 0 Å². The van der Waals surface area contributed by atoms with Crippen LogP contribution in [0.5, 0.6) is 0 Å². The van der Waals surface area contributed by atoms with Crippen LogP contribution in [0, 0.1) is 35.5 Å². The van der Waals surface area contributed by atoms with E-state index >= 15 is 0 Å². The first-order valence-electron chi connectivity index (χ1n) is 8.47. The average Bonchev–Trinajstić information content (AvgIpc) is 3.15. The van der Waals surface area contributed by atoms with Crippen LogP contribution in [0.25, 0.3) is 5.57 Å². The van der Waals surface area contributed by atoms with E-state index in [1.807, 2.05) is 6.07 Å². The van der Waals surface area contributed by atoms with Crippen LogP contribution < -0.4 is 0 Å². The van der Waals surface area contributed by atoms with Crippen LogP contribution in [0.3, 0.4) is 0 Å². The van der Waals surface area contributed by atoms with Gasteiger partial charge in [0, 0.05) is 17.1 Å². The van der Waals surface area contributed by atoms with E-state index in [1.165, 1.54) is 23.1 Å². The van der Waals surface area contributed by atoms with Gasteiger partial charge in [0.05, 0.1) is 0 Å². The van der Waals surface area contributed by atoms with E-state index in [0.29, 0.717) is 11.8 Å². The molecule has 2 bridgehead atoms. The highest BCUT2D eigenvalue weighted by molar-refractivity contribution is 5.83. The van der Waals surface area contributed by atoms with Crippen molar-refractivity contribution < 1.29 is 0 Å². The first kappa shape index (κ1) is 13.0. The summed E-state index contributed by atoms with van der Waals surface area (Å²) in [6.45, 7) is 0. The Morgan fingerprint density at radius 3 is 2.09 bits per heavy atom. The highest BCUT2D eigenvalue weighted by Gasteiger charge is 2.54. The van der Waals surface area contributed by atoms with Gasteiger partial charge in [-0.25, -0.2) is 0 Å². The number of rotatable bonds is 1. The minimum absolute atomic E-state index is 0.663. The van der Waals surface area contributed by atoms with Crippen LogP contribution in [-0.2, 0) is 0 Å². The Labute approximate surface area is 137 Å². The van der Waals surface area contributed by atoms with Gasteiger partial charge in [0.25, 0.3) is 0 Å². The molecule has 23 heavy (non-hydrogen) atoms. The van der Waals surface area contributed by atoms with Gasteiger partial charge in [-0.2, -0.15) is 0 Å². The van der Waals surface area contributed by atoms with Crippen LogP contribution in [0.2, 0.25) is 0 Å². The molecule has 3 aliphatic rings. The van der Waals surface area contributed by atoms with Crippen molar-refractivity contribution in [1.29, 1.82) is 0 Å². The number of hydrogen-bond acceptors (Lipinski definition) is 0. The normalized spacial score (nSPS) is 29.7. The van der Waals surface area contributed by atoms with Gasteiger partial charge in [0.2, 0.25) is 0 Å². The summed E-state index contributed by atoms with van der Waals surface area (Å²) in [5.74, 6) is 9.75. The van der Waals surface area contributed by atoms with Crippen molar-refractivity contribution in [3.63, 3.8) is 0 Å². The van der Waals surface area contributed by atoms with Crippen molar-refractivity contribution in [3.8, 4) is 11.8 Å². The molecule has 5 rings (SSSR count). The maximum atomic E-state index is 3.54. The van der Waals surface area contributed by atoms with E-state index in [1.54, 1.807) is 0 Å². The molecule has 0 aromatic heterocycles. The molecule has 0 aliphatic heterocycles. The molecule has 4 atom stereocenters. The monoisotopic (exact) mass is 294 g/mol. The molecule has 0 nitrogen and oxygen atoms in total. The number of fused-ring (bicyclic) bond motifs is 5. The fourth-order valence-electron chi connectivity index (χ4n) is 4.65. The lowest BCUT2D eigenvalue weighted by Gasteiger charge is -2.41. The Balaban J connectivity index is 1.60. The summed E-state index contributed by atoms with van der Waals surface area (Å²) >= 11 is 0. The van der Waals surface area contributed by atoms with Crippen LogP contribution in [0.4, 0.5) is 0 Å². The van der Waals surface area contributed by atoms with Gasteiger partial charge in [0.15, 0.2) is 0 Å². The van der Waals surface area contributed by atoms with Crippen molar-refractivity contribution in [1.82, 2.24) is 0 Å². The highest BCUT2D eigenvalue weighted by Crippen LogP contribution is 2.63. The molecule has 1 fully saturated rings. The molecule has 0 saturated heterocycles. The molecule has 0 spiro atoms. The van der Waals surface area contributed by atoms with Gasteiger partial charge < -0.3 is 0 Å². The van der Waals surface area contributed by atoms with Crippen molar-refractivity contribution in [3.05, 3.63) is 89.5 Å². The Morgan fingerprint density at radius 2 is 1.35 bits per heavy atom. The van der Waals surface area contributed by atoms with Crippen molar-refractivity contribution in [2.45, 2.75) is 6.42 Å². The Bertz CT molecular complexity index is 859. The quantitative estimate of drug-likeness (QED) is 0.516. The second kappa shape index (κ2) is 5.00. The zero-order valence-corrected chi connectivity index (χ0v) is 12.9. The third-order valence-corrected chi connectivity index (χ3v) is 5.62. The molecular formula is C23H18. The maximum absolute atomic E-state index is 3.54. The topological polar surface area (TPSA) is 0 Å². The van der Waals surface area contributed by atoms with Gasteiger partial charge >= 0.3 is 0 Å². The summed E-state index contributed by atoms with van der Waals surface area (Å²) in [5, 5.41) is 0. The van der Waals surface area contributed by atoms with E-state index in [-0.39, 0.29) is 0 Å². The molecule has 3 aliphatic carbocycles. The van der Waals surface area contributed by atoms with Crippen LogP contribution >= 0.6 is 0 Å². The molecule has 0 heteroatoms. The summed E-state index contributed by atoms with van der Waals surface area (Å²) in [7, 11) is 0. The smallest absolute Gasteiger partial charge is 0.0248 e. The highest BCUT2D eigenvalue weighted by atomic mass is 14.6. The molecular weight excluding hydrogens is 276 g/mol. The standard InChI is InChI=1S/C23H18/c1-3-7-16(8-4-1)11-14-20-21(17-9-5-2-6-10-17)23-19-13-12-18(15-19)22(20)23/h1-10,12-13,18-19,22-23H,15H2. The molecule has 0 heterocycles. The van der Waals surface area contributed by atoms with Gasteiger partial charge in [-0.3, -0.25) is 0 Å². The Kier molecular flexibility index (Phi) is 2.82. The molecule has 2 aromatic carbocycles. The fourth-order valence-corrected chi connectivity index (χ4v) is 4.65. The lowest BCUT2D eigenvalue weighted by Crippen LogP contribution is -2.32. The zero-order valence-electron chi connectivity index (χ0n) is 12.9. The lowest BCUT2D eigenvalue weighted by molar-refractivity contribution is 0.403. The fraction of sp³-hybridized carbons (Fsp3) is 0.217. The maximum Gasteiger partial charge on any atom is 0.0248 e. The van der Waals surface area contributed by atoms with Crippen LogP contribution in [0.1, 0.15) is 17.5 Å². The van der Waals surface area contributed by atoms with E-state index in [4.69, 9.17) is 0 Å². The number of allylic oxidation sites excluding steroid dienone is 4. The molecule has 4 unspecified atom stereocenters. The van der Waals surface area contributed by atoms with Crippen LogP contribution in [0.15, 0.2) is 78.4 Å². The minimum atomic E-state index is 0.663. The van der Waals surface area contributed by atoms with Crippen molar-refractivity contribution >= 4 is 5.57 Å². The first-order chi connectivity index (χ1) is 11.4. The second-order valence-corrected chi connectivity index (χ2v) is 6.81. The number of benzene rings is 2. The molecule has 0 N–H and O–H groups in total. The SMILES string of the molecule is C(#Cc1ccccc1)C1=C(c2ccccc2)C2C3C=CC(C3)C12. The molecule has 0 amide bonds. The third-order valence-electron chi connectivity index (χ3n) is 5.62. The van der Waals surface area contributed by atoms with E-state index in [0.717, 1.165) is 17.4 Å². The molecule has 2 aromatic rings. The van der Waals surface area contributed by atoms with Gasteiger partial charge in [-0.05, 0) is 47.4 Å². The summed E-state index contributed by atoms with van der Waals surface area (Å²) < 4.78 is 0. The van der Waals surface area contributed by atoms with Crippen molar-refractivity contribution in [2.75, 3.05) is 0 Å². The van der Waals surface area contributed by atoms with E-state index in [2.05, 4.69) is 78.6 Å². The van der Waals surface area contributed by atoms with Gasteiger partial charge in [-0.15, -0.1) is 0 Å². The summed E-state index contributed by atoms with van der Waals surface area (Å²) in [6.07, 6.45) is 6.19. The Morgan fingerprint density at radius 1 is 0.696 bits per heavy atom. The van der Waals surface area contributed by atoms with E-state index in [9.17, 15) is 0 Å².